The molecule has 1 aromatic carbocycles. The number of hydrogen-bond donors (Lipinski definition) is 1. The Bertz CT molecular complexity index is 555. The van der Waals surface area contributed by atoms with Crippen LogP contribution in [0.5, 0.6) is 0 Å². The van der Waals surface area contributed by atoms with Crippen molar-refractivity contribution in [2.45, 2.75) is 6.92 Å². The Hall–Kier alpha value is -1.90. The summed E-state index contributed by atoms with van der Waals surface area (Å²) in [5.41, 5.74) is 1.39. The number of para-hydroxylation sites is 1. The molecule has 3 nitrogen and oxygen atoms in total. The Morgan fingerprint density at radius 3 is 2.71 bits per heavy atom. The lowest BCUT2D eigenvalue weighted by Crippen LogP contribution is -2.13. The van der Waals surface area contributed by atoms with Crippen LogP contribution in [0.4, 0.5) is 0 Å². The molecule has 0 aliphatic heterocycles. The lowest BCUT2D eigenvalue weighted by Gasteiger charge is -2.02. The summed E-state index contributed by atoms with van der Waals surface area (Å²) < 4.78 is 0. The molecule has 0 bridgehead atoms. The Balaban J connectivity index is 3.00. The molecule has 0 radical (unpaired) electrons. The molecule has 0 aliphatic carbocycles. The van der Waals surface area contributed by atoms with Crippen molar-refractivity contribution in [1.82, 2.24) is 4.98 Å². The first-order chi connectivity index (χ1) is 6.74. The lowest BCUT2D eigenvalue weighted by atomic mass is 10.1. The van der Waals surface area contributed by atoms with Crippen LogP contribution in [0.2, 0.25) is 0 Å². The fraction of sp³-hybridized carbons (Fsp3) is 0.0909. The third kappa shape index (κ3) is 1.14. The van der Waals surface area contributed by atoms with E-state index in [1.807, 2.05) is 24.3 Å². The predicted octanol–water partition coefficient (Wildman–Crippen LogP) is 1.65. The summed E-state index contributed by atoms with van der Waals surface area (Å²) in [4.78, 5) is 24.7. The highest BCUT2D eigenvalue weighted by Gasteiger charge is 2.06. The van der Waals surface area contributed by atoms with Gasteiger partial charge in [0.1, 0.15) is 0 Å². The lowest BCUT2D eigenvalue weighted by molar-refractivity contribution is 0.112. The number of hydrogen-bond acceptors (Lipinski definition) is 2. The van der Waals surface area contributed by atoms with Crippen LogP contribution >= 0.6 is 0 Å². The van der Waals surface area contributed by atoms with Gasteiger partial charge < -0.3 is 4.98 Å². The van der Waals surface area contributed by atoms with E-state index in [0.29, 0.717) is 6.29 Å². The predicted molar refractivity (Wildman–Crippen MR) is 54.7 cm³/mol. The van der Waals surface area contributed by atoms with Gasteiger partial charge in [-0.15, -0.1) is 0 Å². The number of nitrogens with one attached hydrogen (secondary N) is 1. The van der Waals surface area contributed by atoms with E-state index >= 15 is 0 Å². The van der Waals surface area contributed by atoms with E-state index < -0.39 is 0 Å². The van der Waals surface area contributed by atoms with Gasteiger partial charge in [0, 0.05) is 10.9 Å². The smallest absolute Gasteiger partial charge is 0.259 e. The Labute approximate surface area is 80.4 Å². The topological polar surface area (TPSA) is 49.9 Å². The number of pyridine rings is 1. The van der Waals surface area contributed by atoms with Crippen molar-refractivity contribution in [3.63, 3.8) is 0 Å². The Kier molecular flexibility index (Phi) is 1.93. The molecule has 1 N–H and O–H groups in total. The number of aryl methyl sites for hydroxylation is 1. The molecule has 1 heterocycles. The van der Waals surface area contributed by atoms with Crippen LogP contribution in [-0.2, 0) is 0 Å². The van der Waals surface area contributed by atoms with Gasteiger partial charge in [-0.2, -0.15) is 0 Å². The van der Waals surface area contributed by atoms with E-state index in [-0.39, 0.29) is 11.1 Å². The minimum atomic E-state index is -0.323. The SMILES string of the molecule is Cc1c(C=O)c(=O)[nH]c2ccccc12. The van der Waals surface area contributed by atoms with Gasteiger partial charge >= 0.3 is 0 Å². The van der Waals surface area contributed by atoms with Crippen LogP contribution in [0.1, 0.15) is 15.9 Å². The summed E-state index contributed by atoms with van der Waals surface area (Å²) in [7, 11) is 0. The monoisotopic (exact) mass is 187 g/mol. The highest BCUT2D eigenvalue weighted by Crippen LogP contribution is 2.15. The average molecular weight is 187 g/mol. The molecular weight excluding hydrogens is 178 g/mol. The van der Waals surface area contributed by atoms with Crippen molar-refractivity contribution >= 4 is 17.2 Å². The van der Waals surface area contributed by atoms with Gasteiger partial charge in [-0.05, 0) is 18.6 Å². The molecule has 0 unspecified atom stereocenters. The molecule has 0 saturated carbocycles. The fourth-order valence-corrected chi connectivity index (χ4v) is 1.57. The third-order valence-electron chi connectivity index (χ3n) is 2.35. The summed E-state index contributed by atoms with van der Waals surface area (Å²) in [5, 5.41) is 0.911. The Morgan fingerprint density at radius 1 is 1.29 bits per heavy atom. The van der Waals surface area contributed by atoms with Gasteiger partial charge in [-0.3, -0.25) is 9.59 Å². The molecule has 2 rings (SSSR count). The van der Waals surface area contributed by atoms with Gasteiger partial charge in [0.25, 0.3) is 5.56 Å². The largest absolute Gasteiger partial charge is 0.321 e. The number of aromatic nitrogens is 1. The number of rotatable bonds is 1. The van der Waals surface area contributed by atoms with Crippen molar-refractivity contribution in [3.05, 3.63) is 45.7 Å². The first-order valence-corrected chi connectivity index (χ1v) is 4.31. The summed E-state index contributed by atoms with van der Waals surface area (Å²) >= 11 is 0. The van der Waals surface area contributed by atoms with E-state index in [4.69, 9.17) is 0 Å². The third-order valence-corrected chi connectivity index (χ3v) is 2.35. The zero-order valence-corrected chi connectivity index (χ0v) is 7.70. The van der Waals surface area contributed by atoms with E-state index in [2.05, 4.69) is 4.98 Å². The van der Waals surface area contributed by atoms with E-state index in [1.54, 1.807) is 6.92 Å². The quantitative estimate of drug-likeness (QED) is 0.690. The second kappa shape index (κ2) is 3.10. The maximum Gasteiger partial charge on any atom is 0.259 e. The molecule has 0 saturated heterocycles. The number of aldehydes is 1. The van der Waals surface area contributed by atoms with Gasteiger partial charge in [-0.1, -0.05) is 18.2 Å². The number of fused-ring (bicyclic) bond motifs is 1. The van der Waals surface area contributed by atoms with Crippen LogP contribution in [0, 0.1) is 6.92 Å². The molecule has 1 aromatic heterocycles. The fourth-order valence-electron chi connectivity index (χ4n) is 1.57. The molecule has 0 spiro atoms. The second-order valence-electron chi connectivity index (χ2n) is 3.16. The Morgan fingerprint density at radius 2 is 2.00 bits per heavy atom. The van der Waals surface area contributed by atoms with Gasteiger partial charge in [0.05, 0.1) is 5.56 Å². The van der Waals surface area contributed by atoms with Gasteiger partial charge in [0.15, 0.2) is 6.29 Å². The molecule has 2 aromatic rings. The molecule has 14 heavy (non-hydrogen) atoms. The summed E-state index contributed by atoms with van der Waals surface area (Å²) in [6.07, 6.45) is 0.598. The van der Waals surface area contributed by atoms with Crippen LogP contribution in [0.3, 0.4) is 0 Å². The van der Waals surface area contributed by atoms with E-state index in [9.17, 15) is 9.59 Å². The first kappa shape index (κ1) is 8.69. The maximum atomic E-state index is 11.4. The summed E-state index contributed by atoms with van der Waals surface area (Å²) in [6.45, 7) is 1.78. The standard InChI is InChI=1S/C11H9NO2/c1-7-8-4-2-3-5-10(8)12-11(14)9(7)6-13/h2-6H,1H3,(H,12,14). The van der Waals surface area contributed by atoms with E-state index in [0.717, 1.165) is 16.5 Å². The van der Waals surface area contributed by atoms with Crippen LogP contribution < -0.4 is 5.56 Å². The van der Waals surface area contributed by atoms with Gasteiger partial charge in [0.2, 0.25) is 0 Å². The highest BCUT2D eigenvalue weighted by molar-refractivity contribution is 5.89. The molecule has 0 atom stereocenters. The molecule has 70 valence electrons. The van der Waals surface area contributed by atoms with Gasteiger partial charge in [-0.25, -0.2) is 0 Å². The number of carbonyl (C=O) groups excluding carboxylic acids is 1. The highest BCUT2D eigenvalue weighted by atomic mass is 16.1. The number of carbonyl (C=O) groups is 1. The molecule has 0 amide bonds. The number of aromatic amines is 1. The van der Waals surface area contributed by atoms with Crippen molar-refractivity contribution in [3.8, 4) is 0 Å². The minimum absolute atomic E-state index is 0.212. The van der Waals surface area contributed by atoms with Crippen LogP contribution in [0.25, 0.3) is 10.9 Å². The molecule has 3 heteroatoms. The zero-order chi connectivity index (χ0) is 10.1. The molecule has 0 aliphatic rings. The number of H-pyrrole nitrogens is 1. The average Bonchev–Trinajstić information content (AvgIpc) is 2.18. The second-order valence-corrected chi connectivity index (χ2v) is 3.16. The molecule has 0 fully saturated rings. The minimum Gasteiger partial charge on any atom is -0.321 e. The van der Waals surface area contributed by atoms with Crippen LogP contribution in [0.15, 0.2) is 29.1 Å². The maximum absolute atomic E-state index is 11.4. The normalized spacial score (nSPS) is 10.4. The summed E-state index contributed by atoms with van der Waals surface area (Å²) in [5.74, 6) is 0. The zero-order valence-electron chi connectivity index (χ0n) is 7.70. The van der Waals surface area contributed by atoms with Crippen molar-refractivity contribution < 1.29 is 4.79 Å². The summed E-state index contributed by atoms with van der Waals surface area (Å²) in [6, 6.07) is 7.42. The van der Waals surface area contributed by atoms with Crippen molar-refractivity contribution in [2.75, 3.05) is 0 Å². The van der Waals surface area contributed by atoms with Crippen molar-refractivity contribution in [2.24, 2.45) is 0 Å². The number of benzene rings is 1. The van der Waals surface area contributed by atoms with E-state index in [1.165, 1.54) is 0 Å². The first-order valence-electron chi connectivity index (χ1n) is 4.31. The molecular formula is C11H9NO2. The van der Waals surface area contributed by atoms with Crippen molar-refractivity contribution in [1.29, 1.82) is 0 Å². The van der Waals surface area contributed by atoms with Crippen LogP contribution in [-0.4, -0.2) is 11.3 Å².